The fraction of sp³-hybridized carbons (Fsp3) is 0.200. The van der Waals surface area contributed by atoms with Gasteiger partial charge in [0, 0.05) is 26.6 Å². The molecule has 0 spiro atoms. The minimum Gasteiger partial charge on any atom is -0.346 e. The fourth-order valence-electron chi connectivity index (χ4n) is 3.49. The molecule has 3 aromatic carbocycles. The summed E-state index contributed by atoms with van der Waals surface area (Å²) in [6, 6.07) is 22.2. The SMILES string of the molecule is CCC1=Nc2cc(C(=O)N[C@H](C)c3ccccc3)ccc2Sc2ccc(C)cc21. The van der Waals surface area contributed by atoms with Gasteiger partial charge in [-0.3, -0.25) is 9.79 Å². The molecular formula is C25H24N2OS. The van der Waals surface area contributed by atoms with Crippen LogP contribution < -0.4 is 5.32 Å². The van der Waals surface area contributed by atoms with Crippen LogP contribution in [0.3, 0.4) is 0 Å². The van der Waals surface area contributed by atoms with E-state index in [1.807, 2.05) is 55.5 Å². The Bertz CT molecular complexity index is 1090. The normalized spacial score (nSPS) is 13.6. The van der Waals surface area contributed by atoms with Crippen molar-refractivity contribution >= 4 is 29.1 Å². The second-order valence-electron chi connectivity index (χ2n) is 7.30. The first-order valence-electron chi connectivity index (χ1n) is 9.91. The van der Waals surface area contributed by atoms with Gasteiger partial charge in [-0.15, -0.1) is 0 Å². The molecule has 3 aromatic rings. The first kappa shape index (κ1) is 19.5. The lowest BCUT2D eigenvalue weighted by atomic mass is 10.0. The smallest absolute Gasteiger partial charge is 0.251 e. The van der Waals surface area contributed by atoms with Crippen LogP contribution >= 0.6 is 11.8 Å². The van der Waals surface area contributed by atoms with Crippen molar-refractivity contribution in [1.82, 2.24) is 5.32 Å². The van der Waals surface area contributed by atoms with Crippen molar-refractivity contribution in [3.05, 3.63) is 89.0 Å². The molecule has 4 heteroatoms. The molecule has 0 unspecified atom stereocenters. The summed E-state index contributed by atoms with van der Waals surface area (Å²) < 4.78 is 0. The number of nitrogens with one attached hydrogen (secondary N) is 1. The molecule has 0 saturated carbocycles. The van der Waals surface area contributed by atoms with Crippen LogP contribution in [0.5, 0.6) is 0 Å². The highest BCUT2D eigenvalue weighted by Crippen LogP contribution is 2.41. The van der Waals surface area contributed by atoms with Crippen LogP contribution in [0, 0.1) is 6.92 Å². The van der Waals surface area contributed by atoms with E-state index < -0.39 is 0 Å². The van der Waals surface area contributed by atoms with Crippen LogP contribution in [-0.2, 0) is 0 Å². The maximum Gasteiger partial charge on any atom is 0.251 e. The number of carbonyl (C=O) groups is 1. The van der Waals surface area contributed by atoms with Crippen molar-refractivity contribution < 1.29 is 4.79 Å². The van der Waals surface area contributed by atoms with E-state index in [0.717, 1.165) is 28.3 Å². The quantitative estimate of drug-likeness (QED) is 0.544. The van der Waals surface area contributed by atoms with E-state index in [9.17, 15) is 4.79 Å². The van der Waals surface area contributed by atoms with Crippen LogP contribution in [0.4, 0.5) is 5.69 Å². The minimum absolute atomic E-state index is 0.0566. The van der Waals surface area contributed by atoms with E-state index >= 15 is 0 Å². The Morgan fingerprint density at radius 3 is 2.55 bits per heavy atom. The van der Waals surface area contributed by atoms with Crippen molar-refractivity contribution in [1.29, 1.82) is 0 Å². The lowest BCUT2D eigenvalue weighted by Gasteiger charge is -2.15. The number of hydrogen-bond donors (Lipinski definition) is 1. The summed E-state index contributed by atoms with van der Waals surface area (Å²) in [5.74, 6) is -0.0833. The third kappa shape index (κ3) is 4.13. The standard InChI is InChI=1S/C25H24N2OS/c1-4-21-20-14-16(2)10-12-23(20)29-24-13-11-19(15-22(24)27-21)25(28)26-17(3)18-8-6-5-7-9-18/h5-15,17H,4H2,1-3H3,(H,26,28)/t17-/m1/s1. The van der Waals surface area contributed by atoms with Crippen molar-refractivity contribution in [2.24, 2.45) is 4.99 Å². The van der Waals surface area contributed by atoms with Crippen molar-refractivity contribution in [2.75, 3.05) is 0 Å². The van der Waals surface area contributed by atoms with E-state index in [1.54, 1.807) is 11.8 Å². The molecule has 1 aliphatic heterocycles. The van der Waals surface area contributed by atoms with Crippen molar-refractivity contribution in [2.45, 2.75) is 43.0 Å². The molecule has 1 N–H and O–H groups in total. The summed E-state index contributed by atoms with van der Waals surface area (Å²) >= 11 is 1.72. The lowest BCUT2D eigenvalue weighted by molar-refractivity contribution is 0.0940. The molecular weight excluding hydrogens is 376 g/mol. The summed E-state index contributed by atoms with van der Waals surface area (Å²) in [6.07, 6.45) is 0.845. The molecule has 29 heavy (non-hydrogen) atoms. The highest BCUT2D eigenvalue weighted by atomic mass is 32.2. The molecule has 0 radical (unpaired) electrons. The Kier molecular flexibility index (Phi) is 5.54. The van der Waals surface area contributed by atoms with E-state index in [4.69, 9.17) is 4.99 Å². The Labute approximate surface area is 176 Å². The van der Waals surface area contributed by atoms with Gasteiger partial charge in [0.2, 0.25) is 0 Å². The van der Waals surface area contributed by atoms with Gasteiger partial charge >= 0.3 is 0 Å². The molecule has 146 valence electrons. The zero-order chi connectivity index (χ0) is 20.4. The van der Waals surface area contributed by atoms with Gasteiger partial charge in [0.15, 0.2) is 0 Å². The summed E-state index contributed by atoms with van der Waals surface area (Å²) in [5, 5.41) is 3.09. The van der Waals surface area contributed by atoms with Crippen LogP contribution in [0.1, 0.15) is 53.4 Å². The molecule has 3 nitrogen and oxygen atoms in total. The molecule has 1 atom stereocenters. The average molecular weight is 401 g/mol. The van der Waals surface area contributed by atoms with Gasteiger partial charge in [-0.25, -0.2) is 0 Å². The van der Waals surface area contributed by atoms with Crippen LogP contribution in [0.25, 0.3) is 0 Å². The number of benzene rings is 3. The monoisotopic (exact) mass is 400 g/mol. The maximum atomic E-state index is 12.8. The summed E-state index contributed by atoms with van der Waals surface area (Å²) in [6.45, 7) is 6.23. The van der Waals surface area contributed by atoms with Crippen LogP contribution in [0.2, 0.25) is 0 Å². The largest absolute Gasteiger partial charge is 0.346 e. The fourth-order valence-corrected chi connectivity index (χ4v) is 4.49. The molecule has 1 aliphatic rings. The molecule has 0 aromatic heterocycles. The first-order valence-corrected chi connectivity index (χ1v) is 10.7. The minimum atomic E-state index is -0.0833. The number of hydrogen-bond acceptors (Lipinski definition) is 3. The highest BCUT2D eigenvalue weighted by molar-refractivity contribution is 7.99. The van der Waals surface area contributed by atoms with Gasteiger partial charge in [-0.1, -0.05) is 60.6 Å². The van der Waals surface area contributed by atoms with Crippen molar-refractivity contribution in [3.63, 3.8) is 0 Å². The van der Waals surface area contributed by atoms with Gasteiger partial charge < -0.3 is 5.32 Å². The zero-order valence-corrected chi connectivity index (χ0v) is 17.7. The number of amides is 1. The number of aryl methyl sites for hydroxylation is 1. The Morgan fingerprint density at radius 1 is 1.03 bits per heavy atom. The van der Waals surface area contributed by atoms with Gasteiger partial charge in [0.05, 0.1) is 11.7 Å². The first-order chi connectivity index (χ1) is 14.0. The van der Waals surface area contributed by atoms with Crippen LogP contribution in [-0.4, -0.2) is 11.6 Å². The second-order valence-corrected chi connectivity index (χ2v) is 8.39. The van der Waals surface area contributed by atoms with Crippen molar-refractivity contribution in [3.8, 4) is 0 Å². The second kappa shape index (κ2) is 8.26. The average Bonchev–Trinajstić information content (AvgIpc) is 2.89. The number of rotatable bonds is 4. The molecule has 0 fully saturated rings. The van der Waals surface area contributed by atoms with E-state index in [1.165, 1.54) is 16.0 Å². The van der Waals surface area contributed by atoms with Gasteiger partial charge in [0.25, 0.3) is 5.91 Å². The Morgan fingerprint density at radius 2 is 1.79 bits per heavy atom. The number of fused-ring (bicyclic) bond motifs is 2. The number of aliphatic imine (C=N–C) groups is 1. The molecule has 0 aliphatic carbocycles. The van der Waals surface area contributed by atoms with E-state index in [2.05, 4.69) is 37.4 Å². The Hall–Kier alpha value is -2.85. The predicted molar refractivity (Wildman–Crippen MR) is 121 cm³/mol. The summed E-state index contributed by atoms with van der Waals surface area (Å²) in [4.78, 5) is 20.1. The topological polar surface area (TPSA) is 41.5 Å². The van der Waals surface area contributed by atoms with E-state index in [0.29, 0.717) is 5.56 Å². The van der Waals surface area contributed by atoms with Gasteiger partial charge in [-0.2, -0.15) is 0 Å². The van der Waals surface area contributed by atoms with Gasteiger partial charge in [0.1, 0.15) is 0 Å². The zero-order valence-electron chi connectivity index (χ0n) is 16.9. The molecule has 0 saturated heterocycles. The molecule has 4 rings (SSSR count). The highest BCUT2D eigenvalue weighted by Gasteiger charge is 2.19. The molecule has 1 amide bonds. The Balaban J connectivity index is 1.64. The van der Waals surface area contributed by atoms with E-state index in [-0.39, 0.29) is 11.9 Å². The number of carbonyl (C=O) groups excluding carboxylic acids is 1. The van der Waals surface area contributed by atoms with Gasteiger partial charge in [-0.05, 0) is 56.2 Å². The molecule has 1 heterocycles. The maximum absolute atomic E-state index is 12.8. The van der Waals surface area contributed by atoms with Crippen LogP contribution in [0.15, 0.2) is 81.5 Å². The third-order valence-corrected chi connectivity index (χ3v) is 6.27. The predicted octanol–water partition coefficient (Wildman–Crippen LogP) is 6.48. The molecule has 0 bridgehead atoms. The summed E-state index contributed by atoms with van der Waals surface area (Å²) in [5.41, 5.74) is 6.06. The number of nitrogens with zero attached hydrogens (tertiary/aromatic N) is 1. The third-order valence-electron chi connectivity index (χ3n) is 5.12. The summed E-state index contributed by atoms with van der Waals surface area (Å²) in [7, 11) is 0. The lowest BCUT2D eigenvalue weighted by Crippen LogP contribution is -2.26.